The molecule has 2 N–H and O–H groups in total. The van der Waals surface area contributed by atoms with Gasteiger partial charge >= 0.3 is 7.12 Å². The van der Waals surface area contributed by atoms with Gasteiger partial charge in [0, 0.05) is 16.3 Å². The van der Waals surface area contributed by atoms with E-state index in [-0.39, 0.29) is 0 Å². The minimum atomic E-state index is -1.88. The zero-order valence-corrected chi connectivity index (χ0v) is 18.5. The molecule has 0 aliphatic heterocycles. The van der Waals surface area contributed by atoms with Crippen LogP contribution in [0.2, 0.25) is 16.6 Å². The third-order valence-electron chi connectivity index (χ3n) is 5.81. The van der Waals surface area contributed by atoms with E-state index < -0.39 is 15.2 Å². The van der Waals surface area contributed by atoms with Gasteiger partial charge in [-0.1, -0.05) is 65.7 Å². The number of benzene rings is 2. The molecule has 2 aromatic carbocycles. The van der Waals surface area contributed by atoms with Gasteiger partial charge in [0.1, 0.15) is 13.8 Å². The third-order valence-corrected chi connectivity index (χ3v) is 12.1. The van der Waals surface area contributed by atoms with Gasteiger partial charge in [-0.25, -0.2) is 0 Å². The van der Waals surface area contributed by atoms with E-state index in [1.165, 1.54) is 0 Å². The zero-order valence-electron chi connectivity index (χ0n) is 17.5. The van der Waals surface area contributed by atoms with Crippen LogP contribution in [0.3, 0.4) is 0 Å². The maximum Gasteiger partial charge on any atom is 0.489 e. The molecular weight excluding hydrogens is 351 g/mol. The smallest absolute Gasteiger partial charge is 0.489 e. The lowest BCUT2D eigenvalue weighted by atomic mass is 9.76. The van der Waals surface area contributed by atoms with Crippen LogP contribution >= 0.6 is 0 Å². The summed E-state index contributed by atoms with van der Waals surface area (Å²) >= 11 is 0. The Hall–Kier alpha value is -1.74. The molecule has 0 aliphatic carbocycles. The SMILES string of the molecule is COc1ccc(B(O)O)c2c(C#C[Si](C(C)C)(C(C)C)C(C)C)cccc12. The fraction of sp³-hybridized carbons (Fsp3) is 0.455. The first kappa shape index (κ1) is 21.6. The summed E-state index contributed by atoms with van der Waals surface area (Å²) < 4.78 is 5.47. The van der Waals surface area contributed by atoms with Gasteiger partial charge in [0.05, 0.1) is 7.11 Å². The highest BCUT2D eigenvalue weighted by atomic mass is 28.3. The average Bonchev–Trinajstić information content (AvgIpc) is 2.60. The van der Waals surface area contributed by atoms with Crippen LogP contribution in [0.1, 0.15) is 47.1 Å². The second kappa shape index (κ2) is 8.52. The van der Waals surface area contributed by atoms with E-state index in [1.54, 1.807) is 19.2 Å². The molecule has 27 heavy (non-hydrogen) atoms. The molecule has 0 radical (unpaired) electrons. The largest absolute Gasteiger partial charge is 0.496 e. The monoisotopic (exact) mass is 382 g/mol. The van der Waals surface area contributed by atoms with E-state index >= 15 is 0 Å². The summed E-state index contributed by atoms with van der Waals surface area (Å²) in [5.74, 6) is 4.16. The number of rotatable bonds is 5. The summed E-state index contributed by atoms with van der Waals surface area (Å²) in [6, 6.07) is 9.31. The van der Waals surface area contributed by atoms with E-state index in [2.05, 4.69) is 53.0 Å². The topological polar surface area (TPSA) is 49.7 Å². The fourth-order valence-electron chi connectivity index (χ4n) is 4.51. The van der Waals surface area contributed by atoms with Gasteiger partial charge in [0.2, 0.25) is 0 Å². The van der Waals surface area contributed by atoms with Crippen LogP contribution in [0.15, 0.2) is 30.3 Å². The zero-order chi connectivity index (χ0) is 20.4. The molecule has 0 heterocycles. The van der Waals surface area contributed by atoms with Crippen molar-refractivity contribution in [1.29, 1.82) is 0 Å². The lowest BCUT2D eigenvalue weighted by Gasteiger charge is -2.38. The molecule has 0 spiro atoms. The van der Waals surface area contributed by atoms with Crippen molar-refractivity contribution >= 4 is 31.4 Å². The van der Waals surface area contributed by atoms with Crippen molar-refractivity contribution in [3.63, 3.8) is 0 Å². The van der Waals surface area contributed by atoms with E-state index in [9.17, 15) is 10.0 Å². The first-order valence-electron chi connectivity index (χ1n) is 9.65. The Morgan fingerprint density at radius 2 is 1.52 bits per heavy atom. The third kappa shape index (κ3) is 3.94. The molecule has 0 unspecified atom stereocenters. The molecule has 0 fully saturated rings. The van der Waals surface area contributed by atoms with Gasteiger partial charge in [0.25, 0.3) is 0 Å². The Morgan fingerprint density at radius 3 is 2.00 bits per heavy atom. The molecule has 3 nitrogen and oxygen atoms in total. The highest BCUT2D eigenvalue weighted by Crippen LogP contribution is 2.41. The van der Waals surface area contributed by atoms with E-state index in [1.807, 2.05) is 18.2 Å². The molecule has 5 heteroatoms. The lowest BCUT2D eigenvalue weighted by Crippen LogP contribution is -2.43. The molecule has 0 saturated carbocycles. The van der Waals surface area contributed by atoms with Gasteiger partial charge in [0.15, 0.2) is 0 Å². The van der Waals surface area contributed by atoms with Crippen molar-refractivity contribution in [1.82, 2.24) is 0 Å². The number of hydrogen-bond acceptors (Lipinski definition) is 3. The molecule has 0 atom stereocenters. The highest BCUT2D eigenvalue weighted by Gasteiger charge is 2.41. The second-order valence-corrected chi connectivity index (χ2v) is 13.7. The Bertz CT molecular complexity index is 841. The van der Waals surface area contributed by atoms with Gasteiger partial charge in [-0.05, 0) is 34.2 Å². The summed E-state index contributed by atoms with van der Waals surface area (Å²) in [5, 5.41) is 21.4. The van der Waals surface area contributed by atoms with Crippen molar-refractivity contribution < 1.29 is 14.8 Å². The number of methoxy groups -OCH3 is 1. The van der Waals surface area contributed by atoms with Crippen molar-refractivity contribution in [3.8, 4) is 17.2 Å². The first-order valence-corrected chi connectivity index (χ1v) is 11.9. The molecule has 0 amide bonds. The van der Waals surface area contributed by atoms with E-state index in [0.717, 1.165) is 16.3 Å². The summed E-state index contributed by atoms with van der Waals surface area (Å²) in [4.78, 5) is 0. The van der Waals surface area contributed by atoms with Crippen LogP contribution in [0.25, 0.3) is 10.8 Å². The van der Waals surface area contributed by atoms with Crippen molar-refractivity contribution in [2.24, 2.45) is 0 Å². The van der Waals surface area contributed by atoms with Gasteiger partial charge < -0.3 is 14.8 Å². The Kier molecular flexibility index (Phi) is 6.80. The maximum absolute atomic E-state index is 9.88. The molecule has 2 rings (SSSR count). The molecule has 0 aliphatic rings. The summed E-state index contributed by atoms with van der Waals surface area (Å²) in [6.07, 6.45) is 0. The molecule has 0 bridgehead atoms. The minimum absolute atomic E-state index is 0.460. The minimum Gasteiger partial charge on any atom is -0.496 e. The van der Waals surface area contributed by atoms with Crippen molar-refractivity contribution in [3.05, 3.63) is 35.9 Å². The summed E-state index contributed by atoms with van der Waals surface area (Å²) in [6.45, 7) is 13.7. The van der Waals surface area contributed by atoms with Crippen LogP contribution < -0.4 is 10.2 Å². The average molecular weight is 382 g/mol. The number of hydrogen-bond donors (Lipinski definition) is 2. The van der Waals surface area contributed by atoms with Crippen LogP contribution in [0, 0.1) is 11.5 Å². The Morgan fingerprint density at radius 1 is 0.926 bits per heavy atom. The predicted octanol–water partition coefficient (Wildman–Crippen LogP) is 4.10. The highest BCUT2D eigenvalue weighted by molar-refractivity contribution is 6.90. The normalized spacial score (nSPS) is 11.9. The number of fused-ring (bicyclic) bond motifs is 1. The molecule has 0 aromatic heterocycles. The van der Waals surface area contributed by atoms with E-state index in [0.29, 0.717) is 27.8 Å². The maximum atomic E-state index is 9.88. The Balaban J connectivity index is 2.80. The van der Waals surface area contributed by atoms with Crippen LogP contribution in [0.5, 0.6) is 5.75 Å². The molecule has 0 saturated heterocycles. The van der Waals surface area contributed by atoms with Crippen LogP contribution in [-0.2, 0) is 0 Å². The van der Waals surface area contributed by atoms with Crippen molar-refractivity contribution in [2.75, 3.05) is 7.11 Å². The number of ether oxygens (including phenoxy) is 1. The van der Waals surface area contributed by atoms with Gasteiger partial charge in [-0.3, -0.25) is 0 Å². The van der Waals surface area contributed by atoms with E-state index in [4.69, 9.17) is 4.74 Å². The van der Waals surface area contributed by atoms with Gasteiger partial charge in [-0.15, -0.1) is 5.54 Å². The van der Waals surface area contributed by atoms with Crippen LogP contribution in [-0.4, -0.2) is 32.4 Å². The predicted molar refractivity (Wildman–Crippen MR) is 118 cm³/mol. The Labute approximate surface area is 164 Å². The first-order chi connectivity index (χ1) is 12.7. The van der Waals surface area contributed by atoms with Crippen molar-refractivity contribution in [2.45, 2.75) is 58.2 Å². The van der Waals surface area contributed by atoms with Gasteiger partial charge in [-0.2, -0.15) is 0 Å². The summed E-state index contributed by atoms with van der Waals surface area (Å²) in [5.41, 5.74) is 6.63. The van der Waals surface area contributed by atoms with Crippen LogP contribution in [0.4, 0.5) is 0 Å². The molecule has 2 aromatic rings. The quantitative estimate of drug-likeness (QED) is 0.605. The standard InChI is InChI=1S/C22H31BO3Si/c1-15(2)27(16(3)4,17(5)6)14-13-18-9-8-10-19-21(26-7)12-11-20(22(18)19)23(24)25/h8-12,15-17,24-25H,1-7H3. The second-order valence-electron chi connectivity index (χ2n) is 8.11. The lowest BCUT2D eigenvalue weighted by molar-refractivity contribution is 0.419. The fourth-order valence-corrected chi connectivity index (χ4v) is 9.73. The summed E-state index contributed by atoms with van der Waals surface area (Å²) in [7, 11) is -1.81. The molecular formula is C22H31BO3Si. The molecule has 144 valence electrons.